The van der Waals surface area contributed by atoms with Crippen molar-refractivity contribution < 1.29 is 22.4 Å². The first-order valence-electron chi connectivity index (χ1n) is 9.33. The lowest BCUT2D eigenvalue weighted by atomic mass is 9.97. The fourth-order valence-corrected chi connectivity index (χ4v) is 3.85. The number of hydrogen-bond acceptors (Lipinski definition) is 5. The quantitative estimate of drug-likeness (QED) is 0.670. The molecule has 154 valence electrons. The maximum atomic E-state index is 13.1. The predicted octanol–water partition coefficient (Wildman–Crippen LogP) is 1.86. The molecule has 1 aliphatic heterocycles. The summed E-state index contributed by atoms with van der Waals surface area (Å²) in [6, 6.07) is 11.9. The molecule has 0 spiro atoms. The molecule has 8 heteroatoms. The van der Waals surface area contributed by atoms with E-state index >= 15 is 0 Å². The molecule has 0 aromatic heterocycles. The molecule has 0 saturated carbocycles. The fraction of sp³-hybridized carbons (Fsp3) is 0.333. The minimum atomic E-state index is -3.02. The van der Waals surface area contributed by atoms with Gasteiger partial charge in [-0.2, -0.15) is 0 Å². The van der Waals surface area contributed by atoms with E-state index in [2.05, 4.69) is 0 Å². The van der Waals surface area contributed by atoms with Gasteiger partial charge in [-0.25, -0.2) is 12.8 Å². The Hall–Kier alpha value is -2.58. The first-order chi connectivity index (χ1) is 13.7. The second-order valence-corrected chi connectivity index (χ2v) is 9.41. The summed E-state index contributed by atoms with van der Waals surface area (Å²) in [6.45, 7) is 2.52. The highest BCUT2D eigenvalue weighted by Gasteiger charge is 2.26. The summed E-state index contributed by atoms with van der Waals surface area (Å²) in [5, 5.41) is 0. The number of rotatable bonds is 6. The fourth-order valence-electron chi connectivity index (χ4n) is 3.26. The van der Waals surface area contributed by atoms with Crippen molar-refractivity contribution in [3.05, 3.63) is 71.0 Å². The van der Waals surface area contributed by atoms with Crippen molar-refractivity contribution in [3.8, 4) is 0 Å². The first-order valence-corrected chi connectivity index (χ1v) is 11.4. The molecule has 1 fully saturated rings. The molecule has 29 heavy (non-hydrogen) atoms. The molecule has 1 heterocycles. The van der Waals surface area contributed by atoms with Gasteiger partial charge in [0, 0.05) is 50.1 Å². The van der Waals surface area contributed by atoms with Gasteiger partial charge in [-0.05, 0) is 30.3 Å². The number of carbonyl (C=O) groups is 2. The summed E-state index contributed by atoms with van der Waals surface area (Å²) >= 11 is 0. The van der Waals surface area contributed by atoms with E-state index in [1.807, 2.05) is 4.90 Å². The van der Waals surface area contributed by atoms with Gasteiger partial charge in [0.05, 0.1) is 11.3 Å². The van der Waals surface area contributed by atoms with Crippen LogP contribution >= 0.6 is 0 Å². The Labute approximate surface area is 169 Å². The summed E-state index contributed by atoms with van der Waals surface area (Å²) in [5.41, 5.74) is 0.910. The number of nitrogens with zero attached hydrogens (tertiary/aromatic N) is 2. The van der Waals surface area contributed by atoms with Crippen LogP contribution < -0.4 is 0 Å². The van der Waals surface area contributed by atoms with Gasteiger partial charge in [0.15, 0.2) is 5.78 Å². The van der Waals surface area contributed by atoms with Gasteiger partial charge >= 0.3 is 0 Å². The van der Waals surface area contributed by atoms with Crippen molar-refractivity contribution >= 4 is 21.5 Å². The first kappa shape index (κ1) is 21.1. The zero-order valence-corrected chi connectivity index (χ0v) is 17.0. The highest BCUT2D eigenvalue weighted by Crippen LogP contribution is 2.18. The molecule has 1 saturated heterocycles. The summed E-state index contributed by atoms with van der Waals surface area (Å²) in [4.78, 5) is 29.6. The smallest absolute Gasteiger partial charge is 0.254 e. The van der Waals surface area contributed by atoms with Crippen LogP contribution in [0.1, 0.15) is 26.3 Å². The molecule has 1 amide bonds. The van der Waals surface area contributed by atoms with Crippen LogP contribution in [0.15, 0.2) is 48.5 Å². The van der Waals surface area contributed by atoms with Gasteiger partial charge in [-0.3, -0.25) is 14.5 Å². The van der Waals surface area contributed by atoms with Crippen LogP contribution in [-0.2, 0) is 9.84 Å². The van der Waals surface area contributed by atoms with Gasteiger partial charge in [0.2, 0.25) is 0 Å². The SMILES string of the molecule is CS(=O)(=O)CCN1CCN(C(=O)c2ccccc2C(=O)c2ccc(F)cc2)CC1. The van der Waals surface area contributed by atoms with Crippen LogP contribution in [0.5, 0.6) is 0 Å². The van der Waals surface area contributed by atoms with Crippen LogP contribution in [0, 0.1) is 5.82 Å². The highest BCUT2D eigenvalue weighted by molar-refractivity contribution is 7.90. The Kier molecular flexibility index (Phi) is 6.44. The average molecular weight is 418 g/mol. The molecule has 0 bridgehead atoms. The zero-order valence-electron chi connectivity index (χ0n) is 16.2. The minimum Gasteiger partial charge on any atom is -0.336 e. The molecule has 2 aromatic rings. The zero-order chi connectivity index (χ0) is 21.0. The number of halogens is 1. The van der Waals surface area contributed by atoms with Crippen LogP contribution in [0.2, 0.25) is 0 Å². The van der Waals surface area contributed by atoms with Crippen molar-refractivity contribution in [1.82, 2.24) is 9.80 Å². The second-order valence-electron chi connectivity index (χ2n) is 7.15. The van der Waals surface area contributed by atoms with E-state index in [9.17, 15) is 22.4 Å². The summed E-state index contributed by atoms with van der Waals surface area (Å²) in [6.07, 6.45) is 1.21. The summed E-state index contributed by atoms with van der Waals surface area (Å²) in [5.74, 6) is -0.908. The third-order valence-corrected chi connectivity index (χ3v) is 5.87. The van der Waals surface area contributed by atoms with Crippen molar-refractivity contribution in [1.29, 1.82) is 0 Å². The molecule has 0 radical (unpaired) electrons. The molecule has 2 aromatic carbocycles. The molecule has 0 aliphatic carbocycles. The minimum absolute atomic E-state index is 0.0932. The number of sulfone groups is 1. The lowest BCUT2D eigenvalue weighted by molar-refractivity contribution is 0.0641. The van der Waals surface area contributed by atoms with E-state index in [0.29, 0.717) is 43.9 Å². The van der Waals surface area contributed by atoms with Crippen LogP contribution in [0.3, 0.4) is 0 Å². The Morgan fingerprint density at radius 3 is 2.10 bits per heavy atom. The van der Waals surface area contributed by atoms with Gasteiger partial charge in [0.25, 0.3) is 5.91 Å². The normalized spacial score (nSPS) is 15.3. The lowest BCUT2D eigenvalue weighted by Gasteiger charge is -2.34. The lowest BCUT2D eigenvalue weighted by Crippen LogP contribution is -2.49. The molecular weight excluding hydrogens is 395 g/mol. The molecule has 6 nitrogen and oxygen atoms in total. The van der Waals surface area contributed by atoms with Crippen molar-refractivity contribution in [3.63, 3.8) is 0 Å². The number of carbonyl (C=O) groups excluding carboxylic acids is 2. The molecule has 0 atom stereocenters. The Bertz CT molecular complexity index is 998. The van der Waals surface area contributed by atoms with Crippen molar-refractivity contribution in [2.24, 2.45) is 0 Å². The molecule has 0 unspecified atom stereocenters. The Balaban J connectivity index is 1.71. The molecule has 0 N–H and O–H groups in total. The molecular formula is C21H23FN2O4S. The summed E-state index contributed by atoms with van der Waals surface area (Å²) in [7, 11) is -3.02. The number of ketones is 1. The van der Waals surface area contributed by atoms with Crippen LogP contribution in [0.25, 0.3) is 0 Å². The monoisotopic (exact) mass is 418 g/mol. The molecule has 3 rings (SSSR count). The standard InChI is InChI=1S/C21H23FN2O4S/c1-29(27,28)15-14-23-10-12-24(13-11-23)21(26)19-5-3-2-4-18(19)20(25)16-6-8-17(22)9-7-16/h2-9H,10-15H2,1H3. The van der Waals surface area contributed by atoms with E-state index in [1.54, 1.807) is 29.2 Å². The molecule has 1 aliphatic rings. The van der Waals surface area contributed by atoms with E-state index in [4.69, 9.17) is 0 Å². The van der Waals surface area contributed by atoms with Crippen LogP contribution in [-0.4, -0.2) is 74.6 Å². The van der Waals surface area contributed by atoms with E-state index in [1.165, 1.54) is 30.5 Å². The third kappa shape index (κ3) is 5.48. The summed E-state index contributed by atoms with van der Waals surface area (Å²) < 4.78 is 35.8. The van der Waals surface area contributed by atoms with Crippen LogP contribution in [0.4, 0.5) is 4.39 Å². The Morgan fingerprint density at radius 1 is 0.931 bits per heavy atom. The third-order valence-electron chi connectivity index (χ3n) is 4.95. The van der Waals surface area contributed by atoms with E-state index in [-0.39, 0.29) is 23.0 Å². The van der Waals surface area contributed by atoms with Crippen molar-refractivity contribution in [2.45, 2.75) is 0 Å². The number of amides is 1. The topological polar surface area (TPSA) is 74.8 Å². The number of benzene rings is 2. The van der Waals surface area contributed by atoms with Gasteiger partial charge in [-0.1, -0.05) is 18.2 Å². The largest absolute Gasteiger partial charge is 0.336 e. The Morgan fingerprint density at radius 2 is 1.52 bits per heavy atom. The second kappa shape index (κ2) is 8.84. The van der Waals surface area contributed by atoms with E-state index < -0.39 is 15.7 Å². The van der Waals surface area contributed by atoms with Gasteiger partial charge in [-0.15, -0.1) is 0 Å². The van der Waals surface area contributed by atoms with Gasteiger partial charge in [0.1, 0.15) is 15.7 Å². The van der Waals surface area contributed by atoms with E-state index in [0.717, 1.165) is 0 Å². The van der Waals surface area contributed by atoms with Crippen molar-refractivity contribution in [2.75, 3.05) is 44.7 Å². The maximum absolute atomic E-state index is 13.1. The predicted molar refractivity (Wildman–Crippen MR) is 108 cm³/mol. The van der Waals surface area contributed by atoms with Gasteiger partial charge < -0.3 is 4.90 Å². The highest BCUT2D eigenvalue weighted by atomic mass is 32.2. The maximum Gasteiger partial charge on any atom is 0.254 e. The average Bonchev–Trinajstić information content (AvgIpc) is 2.71. The number of piperazine rings is 1. The number of hydrogen-bond donors (Lipinski definition) is 0.